The van der Waals surface area contributed by atoms with Gasteiger partial charge in [0, 0.05) is 6.42 Å². The van der Waals surface area contributed by atoms with Crippen molar-refractivity contribution in [1.82, 2.24) is 0 Å². The Kier molecular flexibility index (Phi) is 3.83. The average Bonchev–Trinajstić information content (AvgIpc) is 2.38. The predicted molar refractivity (Wildman–Crippen MR) is 77.6 cm³/mol. The van der Waals surface area contributed by atoms with E-state index in [1.165, 1.54) is 22.2 Å². The van der Waals surface area contributed by atoms with Gasteiger partial charge in [0.15, 0.2) is 0 Å². The number of aryl methyl sites for hydroxylation is 1. The summed E-state index contributed by atoms with van der Waals surface area (Å²) in [6.45, 7) is 0. The molecule has 2 aromatic carbocycles. The Hall–Kier alpha value is -2.03. The first-order valence-corrected chi connectivity index (χ1v) is 6.10. The van der Waals surface area contributed by atoms with Crippen molar-refractivity contribution < 1.29 is 4.79 Å². The normalized spacial score (nSPS) is 10.2. The zero-order valence-corrected chi connectivity index (χ0v) is 10.5. The van der Waals surface area contributed by atoms with Gasteiger partial charge in [-0.1, -0.05) is 59.6 Å². The van der Waals surface area contributed by atoms with Crippen molar-refractivity contribution in [3.05, 3.63) is 54.1 Å². The summed E-state index contributed by atoms with van der Waals surface area (Å²) >= 11 is 0. The van der Waals surface area contributed by atoms with Crippen LogP contribution < -0.4 is 11.2 Å². The van der Waals surface area contributed by atoms with Gasteiger partial charge in [-0.25, -0.2) is 0 Å². The summed E-state index contributed by atoms with van der Waals surface area (Å²) < 4.78 is 0. The Morgan fingerprint density at radius 1 is 1.06 bits per heavy atom. The van der Waals surface area contributed by atoms with Gasteiger partial charge >= 0.3 is 0 Å². The smallest absolute Gasteiger partial charge is 0.217 e. The summed E-state index contributed by atoms with van der Waals surface area (Å²) in [5.74, 6) is -0.250. The lowest BCUT2D eigenvalue weighted by molar-refractivity contribution is -0.117. The van der Waals surface area contributed by atoms with Crippen LogP contribution in [-0.4, -0.2) is 13.8 Å². The zero-order chi connectivity index (χ0) is 13.0. The van der Waals surface area contributed by atoms with E-state index in [1.807, 2.05) is 18.2 Å². The van der Waals surface area contributed by atoms with Crippen LogP contribution in [0.25, 0.3) is 11.1 Å². The molecule has 0 radical (unpaired) electrons. The lowest BCUT2D eigenvalue weighted by Gasteiger charge is -2.08. The van der Waals surface area contributed by atoms with Crippen molar-refractivity contribution >= 4 is 19.2 Å². The molecule has 18 heavy (non-hydrogen) atoms. The predicted octanol–water partition coefficient (Wildman–Crippen LogP) is 1.03. The highest BCUT2D eigenvalue weighted by Crippen LogP contribution is 2.19. The molecule has 2 N–H and O–H groups in total. The van der Waals surface area contributed by atoms with Crippen molar-refractivity contribution in [2.24, 2.45) is 5.73 Å². The van der Waals surface area contributed by atoms with Gasteiger partial charge in [-0.05, 0) is 17.5 Å². The van der Waals surface area contributed by atoms with Crippen LogP contribution in [0, 0.1) is 0 Å². The van der Waals surface area contributed by atoms with Crippen LogP contribution in [0.1, 0.15) is 12.0 Å². The van der Waals surface area contributed by atoms with Gasteiger partial charge in [0.1, 0.15) is 7.85 Å². The Morgan fingerprint density at radius 3 is 2.44 bits per heavy atom. The summed E-state index contributed by atoms with van der Waals surface area (Å²) in [5.41, 5.74) is 9.97. The van der Waals surface area contributed by atoms with Gasteiger partial charge in [0.2, 0.25) is 5.91 Å². The maximum Gasteiger partial charge on any atom is 0.217 e. The number of amides is 1. The van der Waals surface area contributed by atoms with Gasteiger partial charge < -0.3 is 5.73 Å². The first-order chi connectivity index (χ1) is 8.66. The second-order valence-electron chi connectivity index (χ2n) is 4.47. The van der Waals surface area contributed by atoms with Gasteiger partial charge in [-0.3, -0.25) is 4.79 Å². The summed E-state index contributed by atoms with van der Waals surface area (Å²) in [7, 11) is 2.06. The van der Waals surface area contributed by atoms with Crippen LogP contribution in [0.2, 0.25) is 0 Å². The molecule has 0 atom stereocenters. The van der Waals surface area contributed by atoms with E-state index in [9.17, 15) is 4.79 Å². The molecule has 0 fully saturated rings. The fraction of sp³-hybridized carbons (Fsp3) is 0.133. The number of benzene rings is 2. The van der Waals surface area contributed by atoms with Crippen LogP contribution in [-0.2, 0) is 11.2 Å². The SMILES string of the molecule is Bc1ccc(-c2ccccc2)cc1CCC(N)=O. The second-order valence-corrected chi connectivity index (χ2v) is 4.47. The van der Waals surface area contributed by atoms with Crippen molar-refractivity contribution in [3.8, 4) is 11.1 Å². The van der Waals surface area contributed by atoms with Gasteiger partial charge in [-0.2, -0.15) is 0 Å². The molecule has 1 amide bonds. The monoisotopic (exact) mass is 237 g/mol. The van der Waals surface area contributed by atoms with E-state index in [0.29, 0.717) is 12.8 Å². The third-order valence-electron chi connectivity index (χ3n) is 3.10. The van der Waals surface area contributed by atoms with E-state index in [4.69, 9.17) is 5.73 Å². The highest BCUT2D eigenvalue weighted by atomic mass is 16.1. The van der Waals surface area contributed by atoms with Crippen LogP contribution in [0.15, 0.2) is 48.5 Å². The van der Waals surface area contributed by atoms with Crippen molar-refractivity contribution in [1.29, 1.82) is 0 Å². The van der Waals surface area contributed by atoms with Crippen LogP contribution in [0.4, 0.5) is 0 Å². The molecule has 0 aromatic heterocycles. The summed E-state index contributed by atoms with van der Waals surface area (Å²) in [6, 6.07) is 16.6. The molecule has 0 saturated heterocycles. The molecule has 3 heteroatoms. The molecule has 0 aliphatic carbocycles. The van der Waals surface area contributed by atoms with Gasteiger partial charge in [0.05, 0.1) is 0 Å². The van der Waals surface area contributed by atoms with E-state index in [-0.39, 0.29) is 5.91 Å². The molecule has 2 aromatic rings. The van der Waals surface area contributed by atoms with E-state index in [0.717, 1.165) is 0 Å². The molecule has 0 bridgehead atoms. The fourth-order valence-electron chi connectivity index (χ4n) is 2.01. The van der Waals surface area contributed by atoms with Crippen LogP contribution in [0.3, 0.4) is 0 Å². The van der Waals surface area contributed by atoms with Crippen molar-refractivity contribution in [2.75, 3.05) is 0 Å². The topological polar surface area (TPSA) is 43.1 Å². The lowest BCUT2D eigenvalue weighted by Crippen LogP contribution is -2.16. The molecular formula is C15H16BNO. The van der Waals surface area contributed by atoms with Crippen LogP contribution >= 0.6 is 0 Å². The van der Waals surface area contributed by atoms with E-state index in [2.05, 4.69) is 38.2 Å². The third-order valence-corrected chi connectivity index (χ3v) is 3.10. The van der Waals surface area contributed by atoms with Gasteiger partial charge in [-0.15, -0.1) is 0 Å². The molecule has 0 heterocycles. The molecule has 2 nitrogen and oxygen atoms in total. The van der Waals surface area contributed by atoms with Crippen LogP contribution in [0.5, 0.6) is 0 Å². The van der Waals surface area contributed by atoms with Gasteiger partial charge in [0.25, 0.3) is 0 Å². The molecular weight excluding hydrogens is 221 g/mol. The first-order valence-electron chi connectivity index (χ1n) is 6.10. The fourth-order valence-corrected chi connectivity index (χ4v) is 2.01. The minimum atomic E-state index is -0.250. The number of carbonyl (C=O) groups excluding carboxylic acids is 1. The molecule has 0 aliphatic heterocycles. The van der Waals surface area contributed by atoms with E-state index >= 15 is 0 Å². The number of hydrogen-bond donors (Lipinski definition) is 1. The van der Waals surface area contributed by atoms with Crippen molar-refractivity contribution in [3.63, 3.8) is 0 Å². The highest BCUT2D eigenvalue weighted by Gasteiger charge is 2.04. The number of carbonyl (C=O) groups is 1. The zero-order valence-electron chi connectivity index (χ0n) is 10.5. The third kappa shape index (κ3) is 3.01. The maximum atomic E-state index is 10.9. The molecule has 0 aliphatic rings. The molecule has 0 saturated carbocycles. The quantitative estimate of drug-likeness (QED) is 0.793. The largest absolute Gasteiger partial charge is 0.370 e. The van der Waals surface area contributed by atoms with E-state index < -0.39 is 0 Å². The molecule has 90 valence electrons. The Labute approximate surface area is 108 Å². The second kappa shape index (κ2) is 5.54. The summed E-state index contributed by atoms with van der Waals surface area (Å²) in [5, 5.41) is 0. The Morgan fingerprint density at radius 2 is 1.78 bits per heavy atom. The Balaban J connectivity index is 2.29. The number of rotatable bonds is 4. The minimum Gasteiger partial charge on any atom is -0.370 e. The average molecular weight is 237 g/mol. The summed E-state index contributed by atoms with van der Waals surface area (Å²) in [4.78, 5) is 10.9. The van der Waals surface area contributed by atoms with Crippen molar-refractivity contribution in [2.45, 2.75) is 12.8 Å². The number of hydrogen-bond acceptors (Lipinski definition) is 1. The standard InChI is InChI=1S/C15H16BNO/c16-14-8-6-12(11-4-2-1-3-5-11)10-13(14)7-9-15(17)18/h1-6,8,10H,7,9,16H2,(H2,17,18). The first kappa shape index (κ1) is 12.4. The maximum absolute atomic E-state index is 10.9. The molecule has 2 rings (SSSR count). The minimum absolute atomic E-state index is 0.250. The summed E-state index contributed by atoms with van der Waals surface area (Å²) in [6.07, 6.45) is 1.11. The molecule has 0 spiro atoms. The van der Waals surface area contributed by atoms with E-state index in [1.54, 1.807) is 0 Å². The highest BCUT2D eigenvalue weighted by molar-refractivity contribution is 6.33. The Bertz CT molecular complexity index is 552. The number of primary amides is 1. The lowest BCUT2D eigenvalue weighted by atomic mass is 9.86. The molecule has 0 unspecified atom stereocenters. The number of nitrogens with two attached hydrogens (primary N) is 1.